The van der Waals surface area contributed by atoms with Gasteiger partial charge in [0.15, 0.2) is 5.13 Å². The number of ether oxygens (including phenoxy) is 1. The number of thiazole rings is 1. The number of hydrogen-bond donors (Lipinski definition) is 1. The van der Waals surface area contributed by atoms with Gasteiger partial charge in [-0.15, -0.1) is 0 Å². The van der Waals surface area contributed by atoms with Crippen LogP contribution in [-0.4, -0.2) is 11.6 Å². The Bertz CT molecular complexity index is 790. The Morgan fingerprint density at radius 1 is 1.29 bits per heavy atom. The summed E-state index contributed by atoms with van der Waals surface area (Å²) in [4.78, 5) is 4.46. The minimum Gasteiger partial charge on any atom is -0.494 e. The van der Waals surface area contributed by atoms with Gasteiger partial charge in [0.05, 0.1) is 21.8 Å². The smallest absolute Gasteiger partial charge is 0.188 e. The number of nitrogens with zero attached hydrogens (tertiary/aromatic N) is 1. The average Bonchev–Trinajstić information content (AvgIpc) is 2.85. The molecule has 0 radical (unpaired) electrons. The van der Waals surface area contributed by atoms with Crippen molar-refractivity contribution in [2.75, 3.05) is 11.9 Å². The molecule has 0 saturated carbocycles. The standard InChI is InChI=1S/C15H12ClFN2OS/c1-2-20-10-4-6-13-14(8-10)21-15(19-13)18-9-3-5-11(16)12(17)7-9/h3-8H,2H2,1H3,(H,18,19). The highest BCUT2D eigenvalue weighted by Gasteiger charge is 2.07. The number of aromatic nitrogens is 1. The molecule has 0 fully saturated rings. The summed E-state index contributed by atoms with van der Waals surface area (Å²) >= 11 is 7.15. The topological polar surface area (TPSA) is 34.1 Å². The predicted molar refractivity (Wildman–Crippen MR) is 85.5 cm³/mol. The number of anilines is 2. The van der Waals surface area contributed by atoms with Crippen LogP contribution in [0.3, 0.4) is 0 Å². The molecule has 1 aromatic heterocycles. The summed E-state index contributed by atoms with van der Waals surface area (Å²) in [5, 5.41) is 3.88. The molecule has 0 bridgehead atoms. The molecule has 0 unspecified atom stereocenters. The average molecular weight is 323 g/mol. The molecule has 0 amide bonds. The van der Waals surface area contributed by atoms with Gasteiger partial charge in [-0.05, 0) is 43.3 Å². The van der Waals surface area contributed by atoms with Gasteiger partial charge >= 0.3 is 0 Å². The van der Waals surface area contributed by atoms with E-state index in [0.29, 0.717) is 17.4 Å². The molecule has 2 aromatic carbocycles. The van der Waals surface area contributed by atoms with Gasteiger partial charge in [-0.25, -0.2) is 9.37 Å². The summed E-state index contributed by atoms with van der Waals surface area (Å²) in [6.45, 7) is 2.57. The van der Waals surface area contributed by atoms with Crippen LogP contribution in [0, 0.1) is 5.82 Å². The normalized spacial score (nSPS) is 10.8. The summed E-state index contributed by atoms with van der Waals surface area (Å²) < 4.78 is 19.9. The molecule has 0 aliphatic heterocycles. The lowest BCUT2D eigenvalue weighted by Crippen LogP contribution is -1.90. The Morgan fingerprint density at radius 2 is 2.14 bits per heavy atom. The van der Waals surface area contributed by atoms with Crippen molar-refractivity contribution in [3.8, 4) is 5.75 Å². The van der Waals surface area contributed by atoms with Crippen molar-refractivity contribution in [1.82, 2.24) is 4.98 Å². The Hall–Kier alpha value is -1.85. The molecule has 0 spiro atoms. The van der Waals surface area contributed by atoms with E-state index >= 15 is 0 Å². The summed E-state index contributed by atoms with van der Waals surface area (Å²) in [7, 11) is 0. The zero-order valence-electron chi connectivity index (χ0n) is 11.2. The first kappa shape index (κ1) is 14.1. The highest BCUT2D eigenvalue weighted by molar-refractivity contribution is 7.22. The number of hydrogen-bond acceptors (Lipinski definition) is 4. The van der Waals surface area contributed by atoms with Crippen LogP contribution in [0.5, 0.6) is 5.75 Å². The van der Waals surface area contributed by atoms with E-state index in [9.17, 15) is 4.39 Å². The molecule has 3 nitrogen and oxygen atoms in total. The van der Waals surface area contributed by atoms with E-state index < -0.39 is 5.82 Å². The third kappa shape index (κ3) is 3.09. The van der Waals surface area contributed by atoms with Crippen molar-refractivity contribution in [2.45, 2.75) is 6.92 Å². The Morgan fingerprint density at radius 3 is 2.90 bits per heavy atom. The summed E-state index contributed by atoms with van der Waals surface area (Å²) in [5.74, 6) is 0.360. The van der Waals surface area contributed by atoms with Crippen molar-refractivity contribution in [3.63, 3.8) is 0 Å². The van der Waals surface area contributed by atoms with Crippen LogP contribution in [0.1, 0.15) is 6.92 Å². The summed E-state index contributed by atoms with van der Waals surface area (Å²) in [6, 6.07) is 10.3. The molecular formula is C15H12ClFN2OS. The van der Waals surface area contributed by atoms with Crippen LogP contribution in [-0.2, 0) is 0 Å². The van der Waals surface area contributed by atoms with Gasteiger partial charge in [0, 0.05) is 5.69 Å². The van der Waals surface area contributed by atoms with E-state index in [-0.39, 0.29) is 5.02 Å². The zero-order valence-corrected chi connectivity index (χ0v) is 12.8. The lowest BCUT2D eigenvalue weighted by atomic mass is 10.3. The van der Waals surface area contributed by atoms with Gasteiger partial charge in [-0.3, -0.25) is 0 Å². The van der Waals surface area contributed by atoms with E-state index in [1.54, 1.807) is 6.07 Å². The van der Waals surface area contributed by atoms with E-state index in [2.05, 4.69) is 10.3 Å². The lowest BCUT2D eigenvalue weighted by Gasteiger charge is -2.02. The minimum atomic E-state index is -0.457. The van der Waals surface area contributed by atoms with Crippen LogP contribution < -0.4 is 10.1 Å². The third-order valence-corrected chi connectivity index (χ3v) is 4.08. The molecule has 3 rings (SSSR count). The molecule has 21 heavy (non-hydrogen) atoms. The molecule has 6 heteroatoms. The first-order valence-electron chi connectivity index (χ1n) is 6.41. The second-order valence-electron chi connectivity index (χ2n) is 4.34. The van der Waals surface area contributed by atoms with Gasteiger partial charge in [0.1, 0.15) is 11.6 Å². The van der Waals surface area contributed by atoms with E-state index in [1.165, 1.54) is 23.5 Å². The van der Waals surface area contributed by atoms with E-state index in [1.807, 2.05) is 25.1 Å². The van der Waals surface area contributed by atoms with Crippen molar-refractivity contribution >= 4 is 44.0 Å². The third-order valence-electron chi connectivity index (χ3n) is 2.84. The fraction of sp³-hybridized carbons (Fsp3) is 0.133. The monoisotopic (exact) mass is 322 g/mol. The summed E-state index contributed by atoms with van der Waals surface area (Å²) in [6.07, 6.45) is 0. The van der Waals surface area contributed by atoms with Crippen LogP contribution in [0.25, 0.3) is 10.2 Å². The number of halogens is 2. The number of benzene rings is 2. The maximum Gasteiger partial charge on any atom is 0.188 e. The lowest BCUT2D eigenvalue weighted by molar-refractivity contribution is 0.341. The molecule has 0 aliphatic carbocycles. The Labute approximate surface area is 130 Å². The molecule has 0 aliphatic rings. The number of rotatable bonds is 4. The molecule has 108 valence electrons. The maximum absolute atomic E-state index is 13.4. The van der Waals surface area contributed by atoms with E-state index in [0.717, 1.165) is 16.0 Å². The molecule has 3 aromatic rings. The molecule has 0 saturated heterocycles. The second-order valence-corrected chi connectivity index (χ2v) is 5.77. The number of fused-ring (bicyclic) bond motifs is 1. The van der Waals surface area contributed by atoms with Gasteiger partial charge in [0.2, 0.25) is 0 Å². The van der Waals surface area contributed by atoms with Gasteiger partial charge in [-0.1, -0.05) is 22.9 Å². The predicted octanol–water partition coefficient (Wildman–Crippen LogP) is 5.23. The highest BCUT2D eigenvalue weighted by Crippen LogP contribution is 2.31. The first-order chi connectivity index (χ1) is 10.2. The van der Waals surface area contributed by atoms with Crippen LogP contribution in [0.15, 0.2) is 36.4 Å². The quantitative estimate of drug-likeness (QED) is 0.714. The molecule has 1 N–H and O–H groups in total. The second kappa shape index (κ2) is 5.87. The molecular weight excluding hydrogens is 311 g/mol. The van der Waals surface area contributed by atoms with Gasteiger partial charge in [0.25, 0.3) is 0 Å². The Kier molecular flexibility index (Phi) is 3.94. The van der Waals surface area contributed by atoms with Gasteiger partial charge in [-0.2, -0.15) is 0 Å². The molecule has 1 heterocycles. The van der Waals surface area contributed by atoms with E-state index in [4.69, 9.17) is 16.3 Å². The van der Waals surface area contributed by atoms with Crippen molar-refractivity contribution in [3.05, 3.63) is 47.2 Å². The number of nitrogens with one attached hydrogen (secondary N) is 1. The maximum atomic E-state index is 13.4. The first-order valence-corrected chi connectivity index (χ1v) is 7.60. The largest absolute Gasteiger partial charge is 0.494 e. The van der Waals surface area contributed by atoms with Crippen LogP contribution in [0.4, 0.5) is 15.2 Å². The van der Waals surface area contributed by atoms with Crippen LogP contribution in [0.2, 0.25) is 5.02 Å². The van der Waals surface area contributed by atoms with Crippen molar-refractivity contribution in [1.29, 1.82) is 0 Å². The zero-order chi connectivity index (χ0) is 14.8. The van der Waals surface area contributed by atoms with Crippen LogP contribution >= 0.6 is 22.9 Å². The summed E-state index contributed by atoms with van der Waals surface area (Å²) in [5.41, 5.74) is 1.49. The van der Waals surface area contributed by atoms with Crippen molar-refractivity contribution in [2.24, 2.45) is 0 Å². The minimum absolute atomic E-state index is 0.103. The van der Waals surface area contributed by atoms with Gasteiger partial charge < -0.3 is 10.1 Å². The fourth-order valence-electron chi connectivity index (χ4n) is 1.91. The SMILES string of the molecule is CCOc1ccc2nc(Nc3ccc(Cl)c(F)c3)sc2c1. The Balaban J connectivity index is 1.88. The fourth-order valence-corrected chi connectivity index (χ4v) is 2.94. The van der Waals surface area contributed by atoms with Crippen molar-refractivity contribution < 1.29 is 9.13 Å². The molecule has 0 atom stereocenters. The highest BCUT2D eigenvalue weighted by atomic mass is 35.5.